The van der Waals surface area contributed by atoms with E-state index in [-0.39, 0.29) is 0 Å². The van der Waals surface area contributed by atoms with E-state index < -0.39 is 0 Å². The van der Waals surface area contributed by atoms with Gasteiger partial charge in [-0.1, -0.05) is 32.9 Å². The Morgan fingerprint density at radius 2 is 2.00 bits per heavy atom. The Morgan fingerprint density at radius 1 is 1.36 bits per heavy atom. The summed E-state index contributed by atoms with van der Waals surface area (Å²) in [4.78, 5) is 4.86. The second kappa shape index (κ2) is 4.33. The Hall–Kier alpha value is -0.530. The molecule has 2 nitrogen and oxygen atoms in total. The van der Waals surface area contributed by atoms with E-state index in [4.69, 9.17) is 4.84 Å². The van der Waals surface area contributed by atoms with Gasteiger partial charge in [0.1, 0.15) is 7.11 Å². The minimum Gasteiger partial charge on any atom is -0.399 e. The lowest BCUT2D eigenvalue weighted by molar-refractivity contribution is 0.177. The molecule has 0 heterocycles. The Balaban J connectivity index is 2.60. The summed E-state index contributed by atoms with van der Waals surface area (Å²) in [5.41, 5.74) is 1.68. The van der Waals surface area contributed by atoms with Gasteiger partial charge in [0.25, 0.3) is 0 Å². The van der Waals surface area contributed by atoms with Crippen LogP contribution in [0.3, 0.4) is 0 Å². The predicted octanol–water partition coefficient (Wildman–Crippen LogP) is 3.47. The highest BCUT2D eigenvalue weighted by Crippen LogP contribution is 2.39. The molecule has 0 aromatic heterocycles. The average molecular weight is 197 g/mol. The van der Waals surface area contributed by atoms with Crippen molar-refractivity contribution in [1.29, 1.82) is 0 Å². The van der Waals surface area contributed by atoms with E-state index in [1.807, 2.05) is 0 Å². The van der Waals surface area contributed by atoms with Crippen LogP contribution in [0.4, 0.5) is 0 Å². The third kappa shape index (κ3) is 2.73. The summed E-state index contributed by atoms with van der Waals surface area (Å²) in [7, 11) is 1.63. The van der Waals surface area contributed by atoms with Crippen molar-refractivity contribution in [2.24, 2.45) is 22.4 Å². The molecule has 2 heteroatoms. The van der Waals surface area contributed by atoms with Crippen LogP contribution in [-0.2, 0) is 4.84 Å². The van der Waals surface area contributed by atoms with Crippen molar-refractivity contribution in [1.82, 2.24) is 0 Å². The molecule has 82 valence electrons. The van der Waals surface area contributed by atoms with Gasteiger partial charge in [0.2, 0.25) is 0 Å². The molecule has 1 rings (SSSR count). The zero-order valence-corrected chi connectivity index (χ0v) is 10.1. The monoisotopic (exact) mass is 197 g/mol. The molecule has 1 saturated carbocycles. The van der Waals surface area contributed by atoms with Crippen LogP contribution in [0.2, 0.25) is 0 Å². The standard InChI is InChI=1S/C12H23NO/c1-9-8-10(12(2,3)4)6-7-11(9)13-14-5/h9-10H,6-8H2,1-5H3/b13-11-/t9-,10-/m0/s1. The van der Waals surface area contributed by atoms with Crippen molar-refractivity contribution in [3.8, 4) is 0 Å². The third-order valence-corrected chi connectivity index (χ3v) is 3.39. The molecule has 0 amide bonds. The molecular formula is C12H23NO. The molecule has 0 saturated heterocycles. The Bertz CT molecular complexity index is 215. The van der Waals surface area contributed by atoms with Crippen LogP contribution in [0.1, 0.15) is 47.0 Å². The molecule has 14 heavy (non-hydrogen) atoms. The van der Waals surface area contributed by atoms with Gasteiger partial charge in [0, 0.05) is 0 Å². The quantitative estimate of drug-likeness (QED) is 0.590. The van der Waals surface area contributed by atoms with Gasteiger partial charge in [-0.05, 0) is 36.5 Å². The first-order valence-electron chi connectivity index (χ1n) is 5.55. The molecule has 0 radical (unpaired) electrons. The predicted molar refractivity (Wildman–Crippen MR) is 60.4 cm³/mol. The van der Waals surface area contributed by atoms with E-state index in [2.05, 4.69) is 32.9 Å². The average Bonchev–Trinajstić information content (AvgIpc) is 2.07. The van der Waals surface area contributed by atoms with Crippen LogP contribution in [0.5, 0.6) is 0 Å². The second-order valence-corrected chi connectivity index (χ2v) is 5.50. The largest absolute Gasteiger partial charge is 0.399 e. The third-order valence-electron chi connectivity index (χ3n) is 3.39. The lowest BCUT2D eigenvalue weighted by Gasteiger charge is -2.36. The van der Waals surface area contributed by atoms with E-state index >= 15 is 0 Å². The first-order chi connectivity index (χ1) is 6.45. The molecule has 2 atom stereocenters. The van der Waals surface area contributed by atoms with Gasteiger partial charge in [-0.25, -0.2) is 0 Å². The van der Waals surface area contributed by atoms with E-state index in [9.17, 15) is 0 Å². The van der Waals surface area contributed by atoms with Gasteiger partial charge < -0.3 is 4.84 Å². The molecular weight excluding hydrogens is 174 g/mol. The Kier molecular flexibility index (Phi) is 3.57. The SMILES string of the molecule is CO/N=C1/CC[C@H](C(C)(C)C)C[C@@H]1C. The maximum atomic E-state index is 4.86. The number of hydrogen-bond donors (Lipinski definition) is 0. The van der Waals surface area contributed by atoms with Crippen molar-refractivity contribution in [3.05, 3.63) is 0 Å². The maximum Gasteiger partial charge on any atom is 0.106 e. The fourth-order valence-electron chi connectivity index (χ4n) is 2.29. The summed E-state index contributed by atoms with van der Waals surface area (Å²) in [5, 5.41) is 4.10. The first-order valence-corrected chi connectivity index (χ1v) is 5.55. The minimum absolute atomic E-state index is 0.437. The summed E-state index contributed by atoms with van der Waals surface area (Å²) in [6.45, 7) is 9.27. The summed E-state index contributed by atoms with van der Waals surface area (Å²) in [6.07, 6.45) is 3.62. The highest BCUT2D eigenvalue weighted by atomic mass is 16.6. The maximum absolute atomic E-state index is 4.86. The summed E-state index contributed by atoms with van der Waals surface area (Å²) >= 11 is 0. The van der Waals surface area contributed by atoms with E-state index in [1.54, 1.807) is 7.11 Å². The van der Waals surface area contributed by atoms with Gasteiger partial charge in [-0.3, -0.25) is 0 Å². The fourth-order valence-corrected chi connectivity index (χ4v) is 2.29. The summed E-state index contributed by atoms with van der Waals surface area (Å²) < 4.78 is 0. The van der Waals surface area contributed by atoms with E-state index in [0.29, 0.717) is 11.3 Å². The van der Waals surface area contributed by atoms with Crippen LogP contribution in [-0.4, -0.2) is 12.8 Å². The van der Waals surface area contributed by atoms with E-state index in [1.165, 1.54) is 18.6 Å². The number of oxime groups is 1. The van der Waals surface area contributed by atoms with Gasteiger partial charge in [0.05, 0.1) is 5.71 Å². The molecule has 0 unspecified atom stereocenters. The van der Waals surface area contributed by atoms with Crippen LogP contribution >= 0.6 is 0 Å². The van der Waals surface area contributed by atoms with Gasteiger partial charge in [-0.2, -0.15) is 0 Å². The van der Waals surface area contributed by atoms with Crippen LogP contribution in [0.25, 0.3) is 0 Å². The summed E-state index contributed by atoms with van der Waals surface area (Å²) in [6, 6.07) is 0. The van der Waals surface area contributed by atoms with Crippen LogP contribution < -0.4 is 0 Å². The van der Waals surface area contributed by atoms with E-state index in [0.717, 1.165) is 12.3 Å². The topological polar surface area (TPSA) is 21.6 Å². The van der Waals surface area contributed by atoms with Crippen molar-refractivity contribution in [3.63, 3.8) is 0 Å². The lowest BCUT2D eigenvalue weighted by Crippen LogP contribution is -2.30. The van der Waals surface area contributed by atoms with Crippen LogP contribution in [0.15, 0.2) is 5.16 Å². The van der Waals surface area contributed by atoms with Crippen LogP contribution in [0, 0.1) is 17.3 Å². The molecule has 1 fully saturated rings. The molecule has 0 spiro atoms. The lowest BCUT2D eigenvalue weighted by atomic mass is 9.69. The fraction of sp³-hybridized carbons (Fsp3) is 0.917. The normalized spacial score (nSPS) is 31.9. The van der Waals surface area contributed by atoms with Crippen molar-refractivity contribution in [2.75, 3.05) is 7.11 Å². The summed E-state index contributed by atoms with van der Waals surface area (Å²) in [5.74, 6) is 1.42. The molecule has 0 bridgehead atoms. The molecule has 0 aromatic carbocycles. The number of rotatable bonds is 1. The zero-order chi connectivity index (χ0) is 10.8. The number of nitrogens with zero attached hydrogens (tertiary/aromatic N) is 1. The highest BCUT2D eigenvalue weighted by Gasteiger charge is 2.31. The molecule has 1 aliphatic carbocycles. The first kappa shape index (κ1) is 11.5. The van der Waals surface area contributed by atoms with Crippen molar-refractivity contribution in [2.45, 2.75) is 47.0 Å². The second-order valence-electron chi connectivity index (χ2n) is 5.50. The zero-order valence-electron chi connectivity index (χ0n) is 10.1. The number of hydrogen-bond acceptors (Lipinski definition) is 2. The molecule has 0 aromatic rings. The van der Waals surface area contributed by atoms with Crippen molar-refractivity contribution >= 4 is 5.71 Å². The van der Waals surface area contributed by atoms with Gasteiger partial charge in [0.15, 0.2) is 0 Å². The van der Waals surface area contributed by atoms with Gasteiger partial charge >= 0.3 is 0 Å². The van der Waals surface area contributed by atoms with Gasteiger partial charge in [-0.15, -0.1) is 0 Å². The molecule has 0 N–H and O–H groups in total. The molecule has 1 aliphatic rings. The minimum atomic E-state index is 0.437. The Morgan fingerprint density at radius 3 is 2.43 bits per heavy atom. The Labute approximate surface area is 87.7 Å². The smallest absolute Gasteiger partial charge is 0.106 e. The molecule has 0 aliphatic heterocycles. The van der Waals surface area contributed by atoms with Crippen molar-refractivity contribution < 1.29 is 4.84 Å². The highest BCUT2D eigenvalue weighted by molar-refractivity contribution is 5.86.